The quantitative estimate of drug-likeness (QED) is 0.313. The van der Waals surface area contributed by atoms with Crippen molar-refractivity contribution in [2.45, 2.75) is 78.7 Å². The number of fused-ring (bicyclic) bond motifs is 5. The number of amides is 1. The van der Waals surface area contributed by atoms with Gasteiger partial charge < -0.3 is 4.74 Å². The Morgan fingerprint density at radius 2 is 2.00 bits per heavy atom. The summed E-state index contributed by atoms with van der Waals surface area (Å²) in [6, 6.07) is 0. The zero-order valence-corrected chi connectivity index (χ0v) is 19.6. The van der Waals surface area contributed by atoms with E-state index in [1.165, 1.54) is 0 Å². The van der Waals surface area contributed by atoms with Crippen LogP contribution in [0.4, 0.5) is 4.79 Å². The predicted molar refractivity (Wildman–Crippen MR) is 118 cm³/mol. The number of ketones is 1. The lowest BCUT2D eigenvalue weighted by Gasteiger charge is -2.60. The van der Waals surface area contributed by atoms with Crippen LogP contribution in [0.2, 0.25) is 0 Å². The zero-order valence-electron chi connectivity index (χ0n) is 19.6. The molecule has 3 aliphatic carbocycles. The van der Waals surface area contributed by atoms with Crippen molar-refractivity contribution in [2.24, 2.45) is 39.6 Å². The summed E-state index contributed by atoms with van der Waals surface area (Å²) >= 11 is 0. The third kappa shape index (κ3) is 3.65. The molecule has 0 bridgehead atoms. The summed E-state index contributed by atoms with van der Waals surface area (Å²) in [7, 11) is 0. The molecule has 1 heterocycles. The van der Waals surface area contributed by atoms with Gasteiger partial charge in [0.15, 0.2) is 5.78 Å². The van der Waals surface area contributed by atoms with Crippen LogP contribution in [0.25, 0.3) is 10.4 Å². The molecule has 0 N–H and O–H groups in total. The van der Waals surface area contributed by atoms with Gasteiger partial charge in [0.2, 0.25) is 0 Å². The van der Waals surface area contributed by atoms with Crippen molar-refractivity contribution in [1.82, 2.24) is 4.90 Å². The van der Waals surface area contributed by atoms with Gasteiger partial charge in [-0.3, -0.25) is 9.69 Å². The highest BCUT2D eigenvalue weighted by Crippen LogP contribution is 2.65. The first kappa shape index (κ1) is 22.2. The average molecular weight is 429 g/mol. The van der Waals surface area contributed by atoms with Crippen LogP contribution >= 0.6 is 0 Å². The van der Waals surface area contributed by atoms with Crippen LogP contribution in [-0.4, -0.2) is 35.5 Å². The topological polar surface area (TPSA) is 95.4 Å². The second kappa shape index (κ2) is 7.54. The number of rotatable bonds is 2. The molecule has 1 saturated heterocycles. The number of carbonyl (C=O) groups is 2. The van der Waals surface area contributed by atoms with Crippen LogP contribution in [0.3, 0.4) is 0 Å². The Hall–Kier alpha value is -2.01. The fourth-order valence-electron chi connectivity index (χ4n) is 7.34. The van der Waals surface area contributed by atoms with Gasteiger partial charge in [-0.25, -0.2) is 4.79 Å². The minimum Gasteiger partial charge on any atom is -0.443 e. The van der Waals surface area contributed by atoms with E-state index in [4.69, 9.17) is 10.3 Å². The first-order valence-corrected chi connectivity index (χ1v) is 11.8. The van der Waals surface area contributed by atoms with Crippen molar-refractivity contribution < 1.29 is 14.3 Å². The van der Waals surface area contributed by atoms with Gasteiger partial charge >= 0.3 is 6.09 Å². The number of azide groups is 1. The Bertz CT molecular complexity index is 855. The van der Waals surface area contributed by atoms with E-state index in [9.17, 15) is 9.59 Å². The summed E-state index contributed by atoms with van der Waals surface area (Å²) in [5.74, 6) is 1.84. The van der Waals surface area contributed by atoms with Gasteiger partial charge in [0.25, 0.3) is 0 Å². The number of carbonyl (C=O) groups excluding carboxylic acids is 2. The summed E-state index contributed by atoms with van der Waals surface area (Å²) in [6.07, 6.45) is 7.12. The van der Waals surface area contributed by atoms with Crippen molar-refractivity contribution in [1.29, 1.82) is 0 Å². The second-order valence-corrected chi connectivity index (χ2v) is 11.6. The summed E-state index contributed by atoms with van der Waals surface area (Å²) in [4.78, 5) is 30.4. The molecule has 2 saturated carbocycles. The summed E-state index contributed by atoms with van der Waals surface area (Å²) in [6.45, 7) is 11.4. The van der Waals surface area contributed by atoms with Crippen LogP contribution < -0.4 is 0 Å². The summed E-state index contributed by atoms with van der Waals surface area (Å²) < 4.78 is 5.78. The standard InChI is InChI=1S/C24H36N4O3/c1-22(2,3)31-21(30)28-14-17-18-7-6-15(13-26-27-25)23(18,4)11-9-19(17)24(5)10-8-16(29)12-20(24)28/h12,15,17-19H,6-11,13-14H2,1-5H3/t15-,17+,18+,19+,23-,24-/m1/s1. The SMILES string of the molecule is CC(C)(C)OC(=O)N1C[C@H]2[C@@H]3CC[C@H](CN=[N+]=[N-])[C@@]3(C)CC[C@@H]2[C@@]2(C)CCC(=O)C=C12. The van der Waals surface area contributed by atoms with Gasteiger partial charge in [0, 0.05) is 41.6 Å². The van der Waals surface area contributed by atoms with Gasteiger partial charge in [-0.05, 0) is 87.5 Å². The minimum absolute atomic E-state index is 0.107. The van der Waals surface area contributed by atoms with Gasteiger partial charge in [-0.15, -0.1) is 0 Å². The predicted octanol–water partition coefficient (Wildman–Crippen LogP) is 5.86. The maximum atomic E-state index is 13.3. The maximum absolute atomic E-state index is 13.3. The molecule has 0 aromatic carbocycles. The average Bonchev–Trinajstić information content (AvgIpc) is 3.01. The molecule has 4 aliphatic rings. The van der Waals surface area contributed by atoms with E-state index in [1.54, 1.807) is 11.0 Å². The van der Waals surface area contributed by atoms with Crippen molar-refractivity contribution in [3.05, 3.63) is 22.2 Å². The van der Waals surface area contributed by atoms with Gasteiger partial charge in [0.1, 0.15) is 5.60 Å². The molecule has 7 nitrogen and oxygen atoms in total. The van der Waals surface area contributed by atoms with Crippen LogP contribution in [0.15, 0.2) is 16.9 Å². The third-order valence-corrected chi connectivity index (χ3v) is 8.89. The number of hydrogen-bond acceptors (Lipinski definition) is 4. The molecule has 0 aromatic rings. The number of allylic oxidation sites excluding steroid dienone is 2. The van der Waals surface area contributed by atoms with Crippen LogP contribution in [0.5, 0.6) is 0 Å². The molecule has 0 unspecified atom stereocenters. The largest absolute Gasteiger partial charge is 0.443 e. The lowest BCUT2D eigenvalue weighted by Crippen LogP contribution is -2.59. The normalized spacial score (nSPS) is 39.6. The third-order valence-electron chi connectivity index (χ3n) is 8.89. The molecular weight excluding hydrogens is 392 g/mol. The summed E-state index contributed by atoms with van der Waals surface area (Å²) in [5, 5.41) is 3.91. The molecule has 3 fully saturated rings. The lowest BCUT2D eigenvalue weighted by molar-refractivity contribution is -0.119. The van der Waals surface area contributed by atoms with Crippen molar-refractivity contribution in [2.75, 3.05) is 13.1 Å². The molecule has 0 spiro atoms. The monoisotopic (exact) mass is 428 g/mol. The minimum atomic E-state index is -0.585. The number of nitrogens with zero attached hydrogens (tertiary/aromatic N) is 4. The maximum Gasteiger partial charge on any atom is 0.414 e. The number of piperidine rings is 1. The Morgan fingerprint density at radius 1 is 1.26 bits per heavy atom. The molecule has 1 aliphatic heterocycles. The zero-order chi connectivity index (χ0) is 22.6. The lowest BCUT2D eigenvalue weighted by atomic mass is 9.49. The number of ether oxygens (including phenoxy) is 1. The van der Waals surface area contributed by atoms with E-state index in [0.717, 1.165) is 37.8 Å². The molecular formula is C24H36N4O3. The van der Waals surface area contributed by atoms with E-state index in [1.807, 2.05) is 20.8 Å². The van der Waals surface area contributed by atoms with E-state index < -0.39 is 5.60 Å². The van der Waals surface area contributed by atoms with E-state index in [2.05, 4.69) is 23.9 Å². The molecule has 7 heteroatoms. The molecule has 4 rings (SSSR count). The van der Waals surface area contributed by atoms with Crippen molar-refractivity contribution in [3.63, 3.8) is 0 Å². The van der Waals surface area contributed by atoms with Crippen molar-refractivity contribution in [3.8, 4) is 0 Å². The van der Waals surface area contributed by atoms with E-state index >= 15 is 0 Å². The Morgan fingerprint density at radius 3 is 2.68 bits per heavy atom. The molecule has 6 atom stereocenters. The number of hydrogen-bond donors (Lipinski definition) is 0. The first-order valence-electron chi connectivity index (χ1n) is 11.8. The number of likely N-dealkylation sites (tertiary alicyclic amines) is 1. The smallest absolute Gasteiger partial charge is 0.414 e. The van der Waals surface area contributed by atoms with E-state index in [0.29, 0.717) is 43.2 Å². The molecule has 1 amide bonds. The van der Waals surface area contributed by atoms with Gasteiger partial charge in [-0.1, -0.05) is 19.0 Å². The van der Waals surface area contributed by atoms with Gasteiger partial charge in [0.05, 0.1) is 0 Å². The fourth-order valence-corrected chi connectivity index (χ4v) is 7.34. The van der Waals surface area contributed by atoms with Gasteiger partial charge in [-0.2, -0.15) is 0 Å². The molecule has 31 heavy (non-hydrogen) atoms. The highest BCUT2D eigenvalue weighted by molar-refractivity contribution is 5.92. The molecule has 0 aromatic heterocycles. The van der Waals surface area contributed by atoms with Crippen LogP contribution in [0.1, 0.15) is 73.1 Å². The van der Waals surface area contributed by atoms with Crippen molar-refractivity contribution >= 4 is 11.9 Å². The van der Waals surface area contributed by atoms with E-state index in [-0.39, 0.29) is 22.7 Å². The highest BCUT2D eigenvalue weighted by Gasteiger charge is 2.61. The van der Waals surface area contributed by atoms with Crippen LogP contribution in [-0.2, 0) is 9.53 Å². The first-order chi connectivity index (χ1) is 14.5. The Kier molecular flexibility index (Phi) is 5.40. The summed E-state index contributed by atoms with van der Waals surface area (Å²) in [5.41, 5.74) is 9.07. The highest BCUT2D eigenvalue weighted by atomic mass is 16.6. The van der Waals surface area contributed by atoms with Crippen LogP contribution in [0, 0.1) is 34.5 Å². The Labute approximate surface area is 185 Å². The molecule has 0 radical (unpaired) electrons. The fraction of sp³-hybridized carbons (Fsp3) is 0.833. The molecule has 170 valence electrons. The Balaban J connectivity index is 1.70. The second-order valence-electron chi connectivity index (χ2n) is 11.6.